The number of aliphatic hydroxyl groups excluding tert-OH is 2. The second-order valence-corrected chi connectivity index (χ2v) is 6.23. The summed E-state index contributed by atoms with van der Waals surface area (Å²) >= 11 is 3.22. The highest BCUT2D eigenvalue weighted by Gasteiger charge is 2.36. The van der Waals surface area contributed by atoms with Crippen LogP contribution in [-0.4, -0.2) is 77.3 Å². The lowest BCUT2D eigenvalue weighted by atomic mass is 10.1. The fraction of sp³-hybridized carbons (Fsp3) is 0.818. The highest BCUT2D eigenvalue weighted by atomic mass is 79.9. The molecule has 4 N–H and O–H groups in total. The zero-order valence-electron chi connectivity index (χ0n) is 10.5. The van der Waals surface area contributed by atoms with Gasteiger partial charge in [0.2, 0.25) is 5.91 Å². The molecule has 108 valence electrons. The Morgan fingerprint density at radius 1 is 1.42 bits per heavy atom. The second kappa shape index (κ2) is 6.17. The van der Waals surface area contributed by atoms with E-state index in [9.17, 15) is 14.7 Å². The molecule has 2 aliphatic heterocycles. The number of likely N-dealkylation sites (tertiary alicyclic amines) is 1. The van der Waals surface area contributed by atoms with Crippen LogP contribution in [0.25, 0.3) is 0 Å². The number of urea groups is 1. The highest BCUT2D eigenvalue weighted by Crippen LogP contribution is 2.09. The molecule has 0 radical (unpaired) electrons. The first-order chi connectivity index (χ1) is 9.01. The van der Waals surface area contributed by atoms with Gasteiger partial charge in [0.05, 0.1) is 32.2 Å². The van der Waals surface area contributed by atoms with Gasteiger partial charge in [-0.05, 0) is 0 Å². The van der Waals surface area contributed by atoms with Gasteiger partial charge < -0.3 is 20.0 Å². The molecule has 0 bridgehead atoms. The van der Waals surface area contributed by atoms with Gasteiger partial charge in [-0.15, -0.1) is 0 Å². The molecule has 8 heteroatoms. The maximum atomic E-state index is 11.6. The number of alkyl halides is 1. The molecule has 3 unspecified atom stereocenters. The Labute approximate surface area is 119 Å². The van der Waals surface area contributed by atoms with Crippen LogP contribution in [0.2, 0.25) is 0 Å². The van der Waals surface area contributed by atoms with Gasteiger partial charge in [-0.3, -0.25) is 10.1 Å². The molecule has 0 spiro atoms. The van der Waals surface area contributed by atoms with E-state index in [-0.39, 0.29) is 29.3 Å². The van der Waals surface area contributed by atoms with Gasteiger partial charge in [-0.2, -0.15) is 0 Å². The third-order valence-electron chi connectivity index (χ3n) is 3.75. The minimum Gasteiger partial charge on any atom is -0.396 e. The summed E-state index contributed by atoms with van der Waals surface area (Å²) in [4.78, 5) is 25.3. The second-order valence-electron chi connectivity index (χ2n) is 5.13. The molecule has 7 nitrogen and oxygen atoms in total. The molecular formula is C11H19BrN3O4+. The summed E-state index contributed by atoms with van der Waals surface area (Å²) in [6, 6.07) is -0.362. The Hall–Kier alpha value is -0.700. The standard InChI is InChI=1S/C11H18BrN3O4/c12-8-4-15(11(19)13-10(8)18)2-1-14-3-7(6-16)9(17)5-14/h7-9,16-17H,1-6H2,(H,13,18,19)/p+1/t7-,8?,9?/m1/s1. The number of carbonyl (C=O) groups is 2. The molecule has 2 aliphatic rings. The number of nitrogens with one attached hydrogen (secondary N) is 2. The van der Waals surface area contributed by atoms with Crippen molar-refractivity contribution in [2.45, 2.75) is 10.9 Å². The van der Waals surface area contributed by atoms with Crippen molar-refractivity contribution in [2.75, 3.05) is 39.3 Å². The number of quaternary nitrogens is 1. The van der Waals surface area contributed by atoms with Crippen molar-refractivity contribution in [2.24, 2.45) is 5.92 Å². The smallest absolute Gasteiger partial charge is 0.324 e. The van der Waals surface area contributed by atoms with E-state index in [1.807, 2.05) is 0 Å². The van der Waals surface area contributed by atoms with Crippen LogP contribution >= 0.6 is 15.9 Å². The third-order valence-corrected chi connectivity index (χ3v) is 4.45. The number of imide groups is 1. The van der Waals surface area contributed by atoms with Crippen molar-refractivity contribution in [1.82, 2.24) is 10.2 Å². The number of halogens is 1. The first-order valence-electron chi connectivity index (χ1n) is 6.37. The molecule has 19 heavy (non-hydrogen) atoms. The van der Waals surface area contributed by atoms with Crippen molar-refractivity contribution in [3.05, 3.63) is 0 Å². The van der Waals surface area contributed by atoms with Crippen LogP contribution in [0.4, 0.5) is 4.79 Å². The van der Waals surface area contributed by atoms with Gasteiger partial charge >= 0.3 is 6.03 Å². The average Bonchev–Trinajstić information content (AvgIpc) is 2.73. The van der Waals surface area contributed by atoms with E-state index in [1.54, 1.807) is 4.90 Å². The maximum absolute atomic E-state index is 11.6. The molecule has 0 aromatic rings. The largest absolute Gasteiger partial charge is 0.396 e. The van der Waals surface area contributed by atoms with Crippen LogP contribution in [0.5, 0.6) is 0 Å². The first kappa shape index (κ1) is 14.7. The molecule has 0 saturated carbocycles. The Morgan fingerprint density at radius 3 is 2.79 bits per heavy atom. The molecule has 0 aromatic heterocycles. The van der Waals surface area contributed by atoms with Crippen molar-refractivity contribution in [3.63, 3.8) is 0 Å². The topological polar surface area (TPSA) is 94.3 Å². The fourth-order valence-electron chi connectivity index (χ4n) is 2.55. The minimum atomic E-state index is -0.472. The van der Waals surface area contributed by atoms with E-state index >= 15 is 0 Å². The molecule has 2 heterocycles. The Bertz CT molecular complexity index is 368. The predicted molar refractivity (Wildman–Crippen MR) is 70.0 cm³/mol. The van der Waals surface area contributed by atoms with E-state index < -0.39 is 6.10 Å². The van der Waals surface area contributed by atoms with Gasteiger partial charge in [0, 0.05) is 6.54 Å². The minimum absolute atomic E-state index is 0.00710. The van der Waals surface area contributed by atoms with Gasteiger partial charge in [0.1, 0.15) is 17.5 Å². The molecule has 0 aromatic carbocycles. The molecule has 2 rings (SSSR count). The lowest BCUT2D eigenvalue weighted by Crippen LogP contribution is -3.11. The number of aliphatic hydroxyl groups is 2. The van der Waals surface area contributed by atoms with Gasteiger partial charge in [-0.1, -0.05) is 15.9 Å². The summed E-state index contributed by atoms with van der Waals surface area (Å²) in [5, 5.41) is 21.1. The Balaban J connectivity index is 1.80. The predicted octanol–water partition coefficient (Wildman–Crippen LogP) is -2.83. The molecule has 4 atom stereocenters. The number of amides is 3. The monoisotopic (exact) mass is 336 g/mol. The zero-order valence-corrected chi connectivity index (χ0v) is 12.1. The van der Waals surface area contributed by atoms with Crippen LogP contribution in [0.1, 0.15) is 0 Å². The van der Waals surface area contributed by atoms with Crippen LogP contribution in [0.15, 0.2) is 0 Å². The van der Waals surface area contributed by atoms with Crippen molar-refractivity contribution < 1.29 is 24.7 Å². The molecule has 3 amide bonds. The number of rotatable bonds is 4. The van der Waals surface area contributed by atoms with Crippen LogP contribution in [0.3, 0.4) is 0 Å². The summed E-state index contributed by atoms with van der Waals surface area (Å²) in [5.74, 6) is -0.374. The summed E-state index contributed by atoms with van der Waals surface area (Å²) in [6.45, 7) is 2.90. The summed E-state index contributed by atoms with van der Waals surface area (Å²) in [6.07, 6.45) is -0.472. The zero-order chi connectivity index (χ0) is 14.0. The van der Waals surface area contributed by atoms with Crippen molar-refractivity contribution in [3.8, 4) is 0 Å². The van der Waals surface area contributed by atoms with Crippen molar-refractivity contribution >= 4 is 27.9 Å². The summed E-state index contributed by atoms with van der Waals surface area (Å²) in [5.41, 5.74) is 0. The molecule has 0 aliphatic carbocycles. The Morgan fingerprint density at radius 2 is 2.16 bits per heavy atom. The van der Waals surface area contributed by atoms with Crippen molar-refractivity contribution in [1.29, 1.82) is 0 Å². The van der Waals surface area contributed by atoms with Gasteiger partial charge in [0.15, 0.2) is 0 Å². The van der Waals surface area contributed by atoms with Crippen LogP contribution < -0.4 is 10.2 Å². The number of carbonyl (C=O) groups excluding carboxylic acids is 2. The SMILES string of the molecule is O=C1NC(=O)N(CC[NH+]2CC(O)[C@@H](CO)C2)CC1Br. The molecule has 2 fully saturated rings. The molecule has 2 saturated heterocycles. The van der Waals surface area contributed by atoms with Gasteiger partial charge in [-0.25, -0.2) is 4.79 Å². The lowest BCUT2D eigenvalue weighted by Gasteiger charge is -2.29. The van der Waals surface area contributed by atoms with E-state index in [4.69, 9.17) is 5.11 Å². The number of nitrogens with zero attached hydrogens (tertiary/aromatic N) is 1. The normalized spacial score (nSPS) is 35.6. The van der Waals surface area contributed by atoms with E-state index in [0.29, 0.717) is 32.7 Å². The lowest BCUT2D eigenvalue weighted by molar-refractivity contribution is -0.889. The van der Waals surface area contributed by atoms with Crippen LogP contribution in [0, 0.1) is 5.92 Å². The average molecular weight is 337 g/mol. The third kappa shape index (κ3) is 3.44. The van der Waals surface area contributed by atoms with E-state index in [2.05, 4.69) is 21.2 Å². The van der Waals surface area contributed by atoms with E-state index in [1.165, 1.54) is 4.90 Å². The number of hydrogen-bond acceptors (Lipinski definition) is 4. The quantitative estimate of drug-likeness (QED) is 0.416. The number of hydrogen-bond donors (Lipinski definition) is 4. The summed E-state index contributed by atoms with van der Waals surface area (Å²) < 4.78 is 0. The van der Waals surface area contributed by atoms with E-state index in [0.717, 1.165) is 0 Å². The Kier molecular flexibility index (Phi) is 4.77. The first-order valence-corrected chi connectivity index (χ1v) is 7.29. The summed E-state index contributed by atoms with van der Waals surface area (Å²) in [7, 11) is 0. The highest BCUT2D eigenvalue weighted by molar-refractivity contribution is 9.10. The van der Waals surface area contributed by atoms with Crippen LogP contribution in [-0.2, 0) is 4.79 Å². The fourth-order valence-corrected chi connectivity index (χ4v) is 3.01. The maximum Gasteiger partial charge on any atom is 0.324 e. The van der Waals surface area contributed by atoms with Gasteiger partial charge in [0.25, 0.3) is 0 Å². The molecular weight excluding hydrogens is 318 g/mol.